The first kappa shape index (κ1) is 22.5. The molecule has 1 aliphatic heterocycles. The van der Waals surface area contributed by atoms with Crippen molar-refractivity contribution in [2.45, 2.75) is 11.7 Å². The molecule has 0 saturated carbocycles. The molecule has 1 saturated heterocycles. The molecule has 1 fully saturated rings. The fraction of sp³-hybridized carbons (Fsp3) is 0.182. The molecule has 3 rings (SSSR count). The Hall–Kier alpha value is -4.15. The number of benzene rings is 2. The number of urea groups is 1. The molecule has 0 spiro atoms. The number of nitriles is 2. The highest BCUT2D eigenvalue weighted by atomic mass is 19.4. The summed E-state index contributed by atoms with van der Waals surface area (Å²) in [6, 6.07) is 10.8. The second kappa shape index (κ2) is 8.53. The van der Waals surface area contributed by atoms with Crippen LogP contribution >= 0.6 is 0 Å². The van der Waals surface area contributed by atoms with Gasteiger partial charge in [-0.15, -0.1) is 6.58 Å². The molecule has 0 aromatic heterocycles. The molecule has 0 radical (unpaired) electrons. The van der Waals surface area contributed by atoms with E-state index < -0.39 is 34.8 Å². The van der Waals surface area contributed by atoms with E-state index in [2.05, 4.69) is 11.9 Å². The van der Waals surface area contributed by atoms with Crippen molar-refractivity contribution >= 4 is 17.6 Å². The summed E-state index contributed by atoms with van der Waals surface area (Å²) in [7, 11) is 0. The molecule has 1 atom stereocenters. The molecule has 2 aromatic carbocycles. The van der Waals surface area contributed by atoms with Gasteiger partial charge in [-0.3, -0.25) is 4.79 Å². The Morgan fingerprint density at radius 2 is 1.81 bits per heavy atom. The Morgan fingerprint density at radius 3 is 2.38 bits per heavy atom. The summed E-state index contributed by atoms with van der Waals surface area (Å²) >= 11 is 0. The van der Waals surface area contributed by atoms with Gasteiger partial charge in [-0.2, -0.15) is 23.7 Å². The highest BCUT2D eigenvalue weighted by Crippen LogP contribution is 2.38. The maximum absolute atomic E-state index is 13.4. The smallest absolute Gasteiger partial charge is 0.374 e. The van der Waals surface area contributed by atoms with Crippen LogP contribution in [0.2, 0.25) is 0 Å². The van der Waals surface area contributed by atoms with E-state index in [9.17, 15) is 22.8 Å². The summed E-state index contributed by atoms with van der Waals surface area (Å²) < 4.78 is 45.6. The molecule has 1 N–H and O–H groups in total. The van der Waals surface area contributed by atoms with Crippen LogP contribution < -0.4 is 10.2 Å². The standard InChI is InChI=1S/C22H15F3N4O3/c1-2-9-32-13-21(16-6-3-14(11-26)4-7-16)19(30)29(20(31)28-21)17-8-5-15(12-27)18(10-17)22(23,24)25/h2-8,10H,1,9,13H2,(H,28,31). The van der Waals surface area contributed by atoms with E-state index in [0.29, 0.717) is 16.5 Å². The quantitative estimate of drug-likeness (QED) is 0.420. The first-order valence-corrected chi connectivity index (χ1v) is 9.15. The lowest BCUT2D eigenvalue weighted by Crippen LogP contribution is -2.48. The third-order valence-corrected chi connectivity index (χ3v) is 4.84. The number of imide groups is 1. The van der Waals surface area contributed by atoms with Crippen molar-refractivity contribution in [3.63, 3.8) is 0 Å². The molecule has 32 heavy (non-hydrogen) atoms. The third-order valence-electron chi connectivity index (χ3n) is 4.84. The lowest BCUT2D eigenvalue weighted by Gasteiger charge is -2.27. The predicted molar refractivity (Wildman–Crippen MR) is 106 cm³/mol. The summed E-state index contributed by atoms with van der Waals surface area (Å²) in [5, 5.41) is 20.5. The van der Waals surface area contributed by atoms with Gasteiger partial charge in [0.05, 0.1) is 47.7 Å². The van der Waals surface area contributed by atoms with Gasteiger partial charge in [-0.1, -0.05) is 18.2 Å². The molecular formula is C22H15F3N4O3. The molecule has 1 unspecified atom stereocenters. The van der Waals surface area contributed by atoms with Gasteiger partial charge in [-0.05, 0) is 35.9 Å². The summed E-state index contributed by atoms with van der Waals surface area (Å²) in [5.74, 6) is -0.867. The summed E-state index contributed by atoms with van der Waals surface area (Å²) in [6.45, 7) is 3.24. The minimum atomic E-state index is -4.86. The number of carbonyl (C=O) groups excluding carboxylic acids is 2. The van der Waals surface area contributed by atoms with Gasteiger partial charge in [-0.25, -0.2) is 9.69 Å². The number of nitrogens with one attached hydrogen (secondary N) is 1. The first-order valence-electron chi connectivity index (χ1n) is 9.15. The van der Waals surface area contributed by atoms with Crippen LogP contribution in [-0.2, 0) is 21.2 Å². The third kappa shape index (κ3) is 3.92. The largest absolute Gasteiger partial charge is 0.417 e. The highest BCUT2D eigenvalue weighted by Gasteiger charge is 2.53. The number of nitrogens with zero attached hydrogens (tertiary/aromatic N) is 3. The molecule has 0 aliphatic carbocycles. The average molecular weight is 440 g/mol. The fourth-order valence-corrected chi connectivity index (χ4v) is 3.31. The minimum Gasteiger partial charge on any atom is -0.374 e. The SMILES string of the molecule is C=CCOCC1(c2ccc(C#N)cc2)NC(=O)N(c2ccc(C#N)c(C(F)(F)F)c2)C1=O. The van der Waals surface area contributed by atoms with Crippen molar-refractivity contribution in [1.29, 1.82) is 10.5 Å². The number of hydrogen-bond donors (Lipinski definition) is 1. The van der Waals surface area contributed by atoms with Gasteiger partial charge < -0.3 is 10.1 Å². The summed E-state index contributed by atoms with van der Waals surface area (Å²) in [6.07, 6.45) is -3.43. The second-order valence-electron chi connectivity index (χ2n) is 6.81. The number of amides is 3. The molecule has 1 heterocycles. The van der Waals surface area contributed by atoms with E-state index in [-0.39, 0.29) is 24.5 Å². The Bertz CT molecular complexity index is 1160. The molecule has 1 aliphatic rings. The Kier molecular flexibility index (Phi) is 6.01. The van der Waals surface area contributed by atoms with E-state index in [1.165, 1.54) is 36.4 Å². The van der Waals surface area contributed by atoms with Gasteiger partial charge in [0.25, 0.3) is 5.91 Å². The molecular weight excluding hydrogens is 425 g/mol. The second-order valence-corrected chi connectivity index (χ2v) is 6.81. The van der Waals surface area contributed by atoms with Crippen molar-refractivity contribution < 1.29 is 27.5 Å². The van der Waals surface area contributed by atoms with Gasteiger partial charge in [0, 0.05) is 0 Å². The average Bonchev–Trinajstić information content (AvgIpc) is 3.03. The minimum absolute atomic E-state index is 0.0519. The Morgan fingerprint density at radius 1 is 1.12 bits per heavy atom. The Labute approximate surface area is 180 Å². The van der Waals surface area contributed by atoms with Crippen molar-refractivity contribution in [1.82, 2.24) is 5.32 Å². The zero-order chi connectivity index (χ0) is 23.5. The summed E-state index contributed by atoms with van der Waals surface area (Å²) in [5.41, 5.74) is -3.39. The van der Waals surface area contributed by atoms with E-state index in [1.807, 2.05) is 6.07 Å². The van der Waals surface area contributed by atoms with Crippen LogP contribution in [0.15, 0.2) is 55.1 Å². The van der Waals surface area contributed by atoms with Crippen molar-refractivity contribution in [2.24, 2.45) is 0 Å². The lowest BCUT2D eigenvalue weighted by molar-refractivity contribution is -0.137. The predicted octanol–water partition coefficient (Wildman–Crippen LogP) is 3.60. The number of ether oxygens (including phenoxy) is 1. The van der Waals surface area contributed by atoms with Crippen LogP contribution in [0.4, 0.5) is 23.7 Å². The lowest BCUT2D eigenvalue weighted by atomic mass is 9.89. The number of hydrogen-bond acceptors (Lipinski definition) is 5. The van der Waals surface area contributed by atoms with Crippen LogP contribution in [0.1, 0.15) is 22.3 Å². The van der Waals surface area contributed by atoms with Crippen LogP contribution in [0, 0.1) is 22.7 Å². The normalized spacial score (nSPS) is 18.1. The fourth-order valence-electron chi connectivity index (χ4n) is 3.31. The van der Waals surface area contributed by atoms with Crippen LogP contribution in [0.25, 0.3) is 0 Å². The van der Waals surface area contributed by atoms with Crippen LogP contribution in [-0.4, -0.2) is 25.2 Å². The molecule has 0 bridgehead atoms. The van der Waals surface area contributed by atoms with Gasteiger partial charge in [0.1, 0.15) is 0 Å². The maximum atomic E-state index is 13.4. The first-order chi connectivity index (χ1) is 15.2. The molecule has 2 aromatic rings. The van der Waals surface area contributed by atoms with Gasteiger partial charge >= 0.3 is 12.2 Å². The van der Waals surface area contributed by atoms with E-state index in [4.69, 9.17) is 15.3 Å². The molecule has 162 valence electrons. The highest BCUT2D eigenvalue weighted by molar-refractivity contribution is 6.23. The van der Waals surface area contributed by atoms with E-state index >= 15 is 0 Å². The van der Waals surface area contributed by atoms with Crippen molar-refractivity contribution in [2.75, 3.05) is 18.1 Å². The zero-order valence-corrected chi connectivity index (χ0v) is 16.4. The maximum Gasteiger partial charge on any atom is 0.417 e. The van der Waals surface area contributed by atoms with E-state index in [1.54, 1.807) is 0 Å². The number of halogens is 3. The van der Waals surface area contributed by atoms with Crippen LogP contribution in [0.3, 0.4) is 0 Å². The van der Waals surface area contributed by atoms with E-state index in [0.717, 1.165) is 12.1 Å². The van der Waals surface area contributed by atoms with Gasteiger partial charge in [0.2, 0.25) is 0 Å². The molecule has 10 heteroatoms. The number of anilines is 1. The number of alkyl halides is 3. The summed E-state index contributed by atoms with van der Waals surface area (Å²) in [4.78, 5) is 26.8. The zero-order valence-electron chi connectivity index (χ0n) is 16.4. The monoisotopic (exact) mass is 440 g/mol. The topological polar surface area (TPSA) is 106 Å². The van der Waals surface area contributed by atoms with Crippen molar-refractivity contribution in [3.05, 3.63) is 77.4 Å². The molecule has 7 nitrogen and oxygen atoms in total. The number of rotatable bonds is 6. The Balaban J connectivity index is 2.10. The number of carbonyl (C=O) groups is 2. The molecule has 3 amide bonds. The van der Waals surface area contributed by atoms with Crippen LogP contribution in [0.5, 0.6) is 0 Å². The van der Waals surface area contributed by atoms with Crippen molar-refractivity contribution in [3.8, 4) is 12.1 Å². The van der Waals surface area contributed by atoms with Gasteiger partial charge in [0.15, 0.2) is 5.54 Å².